The molecule has 2 fully saturated rings. The molecule has 18 heavy (non-hydrogen) atoms. The number of carbonyl (C=O) groups is 1. The van der Waals surface area contributed by atoms with E-state index in [1.807, 2.05) is 4.90 Å². The molecule has 0 aliphatic carbocycles. The number of carbonyl (C=O) groups excluding carboxylic acids is 1. The molecule has 0 bridgehead atoms. The molecule has 104 valence electrons. The van der Waals surface area contributed by atoms with Gasteiger partial charge in [-0.15, -0.1) is 0 Å². The third-order valence-corrected chi connectivity index (χ3v) is 4.10. The molecule has 0 radical (unpaired) electrons. The second-order valence-electron chi connectivity index (χ2n) is 5.43. The van der Waals surface area contributed by atoms with Crippen molar-refractivity contribution < 1.29 is 14.3 Å². The Morgan fingerprint density at radius 1 is 1.22 bits per heavy atom. The molecular formula is C13H24N2O3. The monoisotopic (exact) mass is 256 g/mol. The van der Waals surface area contributed by atoms with Gasteiger partial charge in [0.1, 0.15) is 12.2 Å². The normalized spacial score (nSPS) is 36.9. The van der Waals surface area contributed by atoms with E-state index in [1.165, 1.54) is 0 Å². The minimum Gasteiger partial charge on any atom is -0.377 e. The first kappa shape index (κ1) is 13.8. The first-order chi connectivity index (χ1) is 8.65. The van der Waals surface area contributed by atoms with E-state index in [0.29, 0.717) is 19.0 Å². The average Bonchev–Trinajstić information content (AvgIpc) is 2.81. The van der Waals surface area contributed by atoms with E-state index in [0.717, 1.165) is 19.4 Å². The van der Waals surface area contributed by atoms with Gasteiger partial charge in [0.05, 0.1) is 6.04 Å². The lowest BCUT2D eigenvalue weighted by atomic mass is 9.93. The van der Waals surface area contributed by atoms with Gasteiger partial charge in [0.2, 0.25) is 5.91 Å². The summed E-state index contributed by atoms with van der Waals surface area (Å²) in [5, 5.41) is 3.32. The summed E-state index contributed by atoms with van der Waals surface area (Å²) in [7, 11) is 3.34. The predicted octanol–water partition coefficient (Wildman–Crippen LogP) is 0.247. The molecule has 1 amide bonds. The summed E-state index contributed by atoms with van der Waals surface area (Å²) in [6.07, 6.45) is 2.09. The first-order valence-electron chi connectivity index (χ1n) is 6.73. The molecule has 1 N–H and O–H groups in total. The van der Waals surface area contributed by atoms with E-state index in [2.05, 4.69) is 12.2 Å². The molecule has 5 nitrogen and oxygen atoms in total. The quantitative estimate of drug-likeness (QED) is 0.786. The minimum absolute atomic E-state index is 0.0000333. The molecule has 2 aliphatic rings. The Morgan fingerprint density at radius 3 is 2.33 bits per heavy atom. The standard InChI is InChI=1S/C13H24N2O3/c1-9-4-5-14-10(6-9)13(16)15-7-11(17-2)12(8-15)18-3/h9-12,14H,4-8H2,1-3H3. The highest BCUT2D eigenvalue weighted by molar-refractivity contribution is 5.82. The summed E-state index contributed by atoms with van der Waals surface area (Å²) in [5.74, 6) is 0.822. The smallest absolute Gasteiger partial charge is 0.239 e. The Balaban J connectivity index is 1.93. The van der Waals surface area contributed by atoms with Crippen molar-refractivity contribution in [3.63, 3.8) is 0 Å². The maximum Gasteiger partial charge on any atom is 0.239 e. The summed E-state index contributed by atoms with van der Waals surface area (Å²) in [6, 6.07) is -0.0261. The van der Waals surface area contributed by atoms with Crippen LogP contribution in [-0.4, -0.2) is 62.9 Å². The van der Waals surface area contributed by atoms with Crippen LogP contribution in [0, 0.1) is 5.92 Å². The van der Waals surface area contributed by atoms with E-state index in [4.69, 9.17) is 9.47 Å². The van der Waals surface area contributed by atoms with E-state index >= 15 is 0 Å². The lowest BCUT2D eigenvalue weighted by Crippen LogP contribution is -2.49. The van der Waals surface area contributed by atoms with Crippen molar-refractivity contribution in [3.05, 3.63) is 0 Å². The fourth-order valence-electron chi connectivity index (χ4n) is 2.89. The van der Waals surface area contributed by atoms with Crippen LogP contribution in [0.2, 0.25) is 0 Å². The summed E-state index contributed by atoms with van der Waals surface area (Å²) in [4.78, 5) is 14.3. The first-order valence-corrected chi connectivity index (χ1v) is 6.73. The molecule has 0 spiro atoms. The topological polar surface area (TPSA) is 50.8 Å². The lowest BCUT2D eigenvalue weighted by molar-refractivity contribution is -0.134. The number of hydrogen-bond donors (Lipinski definition) is 1. The number of ether oxygens (including phenoxy) is 2. The highest BCUT2D eigenvalue weighted by atomic mass is 16.5. The molecule has 4 atom stereocenters. The van der Waals surface area contributed by atoms with E-state index < -0.39 is 0 Å². The van der Waals surface area contributed by atoms with Crippen LogP contribution < -0.4 is 5.32 Å². The Labute approximate surface area is 109 Å². The van der Waals surface area contributed by atoms with Crippen LogP contribution in [0.4, 0.5) is 0 Å². The van der Waals surface area contributed by atoms with Gasteiger partial charge in [0, 0.05) is 27.3 Å². The highest BCUT2D eigenvalue weighted by Gasteiger charge is 2.38. The molecule has 0 aromatic heterocycles. The van der Waals surface area contributed by atoms with Crippen molar-refractivity contribution in [1.82, 2.24) is 10.2 Å². The Kier molecular flexibility index (Phi) is 4.59. The number of nitrogens with zero attached hydrogens (tertiary/aromatic N) is 1. The SMILES string of the molecule is COC1CN(C(=O)C2CC(C)CCN2)CC1OC. The Hall–Kier alpha value is -0.650. The summed E-state index contributed by atoms with van der Waals surface area (Å²) >= 11 is 0. The maximum absolute atomic E-state index is 12.4. The minimum atomic E-state index is -0.0261. The highest BCUT2D eigenvalue weighted by Crippen LogP contribution is 2.21. The molecule has 4 unspecified atom stereocenters. The van der Waals surface area contributed by atoms with Gasteiger partial charge in [-0.05, 0) is 25.3 Å². The molecule has 0 aromatic carbocycles. The van der Waals surface area contributed by atoms with Crippen molar-refractivity contribution >= 4 is 5.91 Å². The maximum atomic E-state index is 12.4. The van der Waals surface area contributed by atoms with Crippen molar-refractivity contribution in [2.45, 2.75) is 38.0 Å². The van der Waals surface area contributed by atoms with Crippen LogP contribution in [0.1, 0.15) is 19.8 Å². The molecule has 2 saturated heterocycles. The molecule has 0 saturated carbocycles. The van der Waals surface area contributed by atoms with E-state index in [1.54, 1.807) is 14.2 Å². The number of rotatable bonds is 3. The Morgan fingerprint density at radius 2 is 1.83 bits per heavy atom. The van der Waals surface area contributed by atoms with E-state index in [-0.39, 0.29) is 24.2 Å². The van der Waals surface area contributed by atoms with Crippen LogP contribution in [0.5, 0.6) is 0 Å². The fourth-order valence-corrected chi connectivity index (χ4v) is 2.89. The van der Waals surface area contributed by atoms with Crippen LogP contribution in [0.15, 0.2) is 0 Å². The number of nitrogens with one attached hydrogen (secondary N) is 1. The number of piperidine rings is 1. The average molecular weight is 256 g/mol. The van der Waals surface area contributed by atoms with Crippen molar-refractivity contribution in [3.8, 4) is 0 Å². The van der Waals surface area contributed by atoms with Crippen molar-refractivity contribution in [2.75, 3.05) is 33.9 Å². The van der Waals surface area contributed by atoms with Crippen LogP contribution >= 0.6 is 0 Å². The fraction of sp³-hybridized carbons (Fsp3) is 0.923. The zero-order chi connectivity index (χ0) is 13.1. The van der Waals surface area contributed by atoms with Gasteiger partial charge in [-0.3, -0.25) is 4.79 Å². The summed E-state index contributed by atoms with van der Waals surface area (Å²) in [5.41, 5.74) is 0. The van der Waals surface area contributed by atoms with Gasteiger partial charge >= 0.3 is 0 Å². The second kappa shape index (κ2) is 5.99. The molecule has 5 heteroatoms. The number of methoxy groups -OCH3 is 2. The number of amides is 1. The van der Waals surface area contributed by atoms with Crippen molar-refractivity contribution in [2.24, 2.45) is 5.92 Å². The number of hydrogen-bond acceptors (Lipinski definition) is 4. The van der Waals surface area contributed by atoms with Crippen LogP contribution in [-0.2, 0) is 14.3 Å². The number of likely N-dealkylation sites (tertiary alicyclic amines) is 1. The van der Waals surface area contributed by atoms with Crippen molar-refractivity contribution in [1.29, 1.82) is 0 Å². The largest absolute Gasteiger partial charge is 0.377 e. The van der Waals surface area contributed by atoms with Gasteiger partial charge in [0.25, 0.3) is 0 Å². The van der Waals surface area contributed by atoms with Gasteiger partial charge < -0.3 is 19.7 Å². The zero-order valence-corrected chi connectivity index (χ0v) is 11.5. The zero-order valence-electron chi connectivity index (χ0n) is 11.5. The summed E-state index contributed by atoms with van der Waals surface area (Å²) in [6.45, 7) is 4.43. The van der Waals surface area contributed by atoms with Crippen LogP contribution in [0.3, 0.4) is 0 Å². The molecule has 2 heterocycles. The third-order valence-electron chi connectivity index (χ3n) is 4.10. The molecule has 2 rings (SSSR count). The lowest BCUT2D eigenvalue weighted by Gasteiger charge is -2.30. The summed E-state index contributed by atoms with van der Waals surface area (Å²) < 4.78 is 10.7. The van der Waals surface area contributed by atoms with Gasteiger partial charge in [-0.25, -0.2) is 0 Å². The second-order valence-corrected chi connectivity index (χ2v) is 5.43. The van der Waals surface area contributed by atoms with E-state index in [9.17, 15) is 4.79 Å². The predicted molar refractivity (Wildman–Crippen MR) is 68.4 cm³/mol. The molecular weight excluding hydrogens is 232 g/mol. The molecule has 0 aromatic rings. The van der Waals surface area contributed by atoms with Gasteiger partial charge in [0.15, 0.2) is 0 Å². The Bertz CT molecular complexity index is 286. The molecule has 2 aliphatic heterocycles. The van der Waals surface area contributed by atoms with Gasteiger partial charge in [-0.1, -0.05) is 6.92 Å². The van der Waals surface area contributed by atoms with Gasteiger partial charge in [-0.2, -0.15) is 0 Å². The third kappa shape index (κ3) is 2.84. The van der Waals surface area contributed by atoms with Crippen LogP contribution in [0.25, 0.3) is 0 Å².